The predicted octanol–water partition coefficient (Wildman–Crippen LogP) is 3.14. The number of carbonyl (C=O) groups is 1. The van der Waals surface area contributed by atoms with E-state index in [9.17, 15) is 4.79 Å². The number of pyridine rings is 1. The molecule has 0 aliphatic heterocycles. The highest BCUT2D eigenvalue weighted by Gasteiger charge is 2.07. The Morgan fingerprint density at radius 3 is 2.71 bits per heavy atom. The molecule has 0 amide bonds. The maximum absolute atomic E-state index is 11.3. The van der Waals surface area contributed by atoms with Crippen LogP contribution in [0.25, 0.3) is 10.9 Å². The first-order valence-corrected chi connectivity index (χ1v) is 5.56. The summed E-state index contributed by atoms with van der Waals surface area (Å²) in [5, 5.41) is 0.977. The number of carbonyl (C=O) groups excluding carboxylic acids is 1. The van der Waals surface area contributed by atoms with Gasteiger partial charge >= 0.3 is 0 Å². The monoisotopic (exact) mass is 229 g/mol. The molecule has 1 aromatic carbocycles. The number of aromatic nitrogens is 1. The summed E-state index contributed by atoms with van der Waals surface area (Å²) in [6, 6.07) is 9.45. The molecule has 0 aliphatic rings. The molecule has 1 unspecified atom stereocenters. The molecule has 2 aromatic rings. The third kappa shape index (κ3) is 2.34. The molecule has 0 bridgehead atoms. The van der Waals surface area contributed by atoms with E-state index in [4.69, 9.17) is 4.74 Å². The number of ether oxygens (including phenoxy) is 1. The minimum Gasteiger partial charge on any atom is -0.375 e. The first-order valence-electron chi connectivity index (χ1n) is 5.56. The van der Waals surface area contributed by atoms with Gasteiger partial charge in [-0.15, -0.1) is 0 Å². The number of methoxy groups -OCH3 is 1. The van der Waals surface area contributed by atoms with Gasteiger partial charge in [-0.1, -0.05) is 6.07 Å². The van der Waals surface area contributed by atoms with E-state index in [0.717, 1.165) is 16.6 Å². The Bertz CT molecular complexity index is 563. The maximum Gasteiger partial charge on any atom is 0.159 e. The molecule has 0 saturated carbocycles. The minimum atomic E-state index is -0.0214. The molecule has 88 valence electrons. The van der Waals surface area contributed by atoms with E-state index in [2.05, 4.69) is 4.98 Å². The number of hydrogen-bond acceptors (Lipinski definition) is 3. The molecule has 0 spiro atoms. The molecular formula is C14H15NO2. The van der Waals surface area contributed by atoms with E-state index >= 15 is 0 Å². The molecule has 1 aromatic heterocycles. The molecule has 17 heavy (non-hydrogen) atoms. The zero-order chi connectivity index (χ0) is 12.4. The van der Waals surface area contributed by atoms with E-state index in [1.807, 2.05) is 31.2 Å². The summed E-state index contributed by atoms with van der Waals surface area (Å²) in [6.07, 6.45) is -0.0214. The molecule has 2 rings (SSSR count). The van der Waals surface area contributed by atoms with Crippen molar-refractivity contribution in [2.24, 2.45) is 0 Å². The smallest absolute Gasteiger partial charge is 0.159 e. The van der Waals surface area contributed by atoms with Gasteiger partial charge in [0.15, 0.2) is 5.78 Å². The largest absolute Gasteiger partial charge is 0.375 e. The summed E-state index contributed by atoms with van der Waals surface area (Å²) in [5.74, 6) is 0.0706. The lowest BCUT2D eigenvalue weighted by molar-refractivity contribution is 0.101. The van der Waals surface area contributed by atoms with Crippen LogP contribution in [-0.2, 0) is 4.74 Å². The van der Waals surface area contributed by atoms with Crippen LogP contribution < -0.4 is 0 Å². The van der Waals surface area contributed by atoms with Crippen molar-refractivity contribution >= 4 is 16.7 Å². The first-order chi connectivity index (χ1) is 8.11. The van der Waals surface area contributed by atoms with E-state index < -0.39 is 0 Å². The second kappa shape index (κ2) is 4.63. The topological polar surface area (TPSA) is 39.2 Å². The molecule has 1 atom stereocenters. The molecule has 1 heterocycles. The van der Waals surface area contributed by atoms with Gasteiger partial charge in [-0.3, -0.25) is 9.78 Å². The lowest BCUT2D eigenvalue weighted by Gasteiger charge is -2.09. The Morgan fingerprint density at radius 2 is 2.06 bits per heavy atom. The van der Waals surface area contributed by atoms with Crippen molar-refractivity contribution in [2.45, 2.75) is 20.0 Å². The fourth-order valence-corrected chi connectivity index (χ4v) is 1.71. The van der Waals surface area contributed by atoms with E-state index in [0.29, 0.717) is 5.56 Å². The fourth-order valence-electron chi connectivity index (χ4n) is 1.71. The average Bonchev–Trinajstić information content (AvgIpc) is 2.36. The van der Waals surface area contributed by atoms with Crippen LogP contribution >= 0.6 is 0 Å². The van der Waals surface area contributed by atoms with Gasteiger partial charge in [0.2, 0.25) is 0 Å². The Labute approximate surface area is 100 Å². The highest BCUT2D eigenvalue weighted by molar-refractivity contribution is 5.97. The lowest BCUT2D eigenvalue weighted by atomic mass is 10.1. The highest BCUT2D eigenvalue weighted by atomic mass is 16.5. The Balaban J connectivity index is 2.50. The molecule has 0 N–H and O–H groups in total. The van der Waals surface area contributed by atoms with Crippen LogP contribution in [0.1, 0.15) is 36.0 Å². The fraction of sp³-hybridized carbons (Fsp3) is 0.286. The molecule has 0 saturated heterocycles. The lowest BCUT2D eigenvalue weighted by Crippen LogP contribution is -1.99. The van der Waals surface area contributed by atoms with Crippen molar-refractivity contribution in [1.29, 1.82) is 0 Å². The predicted molar refractivity (Wildman–Crippen MR) is 67.2 cm³/mol. The Kier molecular flexibility index (Phi) is 3.20. The number of Topliss-reactive ketones (excluding diaryl/α,β-unsaturated/α-hetero) is 1. The second-order valence-electron chi connectivity index (χ2n) is 4.08. The van der Waals surface area contributed by atoms with Gasteiger partial charge < -0.3 is 4.74 Å². The van der Waals surface area contributed by atoms with Gasteiger partial charge in [0.05, 0.1) is 17.3 Å². The molecule has 3 heteroatoms. The van der Waals surface area contributed by atoms with Crippen LogP contribution in [0.15, 0.2) is 30.3 Å². The quantitative estimate of drug-likeness (QED) is 0.759. The zero-order valence-corrected chi connectivity index (χ0v) is 10.2. The van der Waals surface area contributed by atoms with Gasteiger partial charge in [0, 0.05) is 18.1 Å². The maximum atomic E-state index is 11.3. The normalized spacial score (nSPS) is 12.6. The summed E-state index contributed by atoms with van der Waals surface area (Å²) in [6.45, 7) is 3.52. The van der Waals surface area contributed by atoms with Crippen LogP contribution in [0.2, 0.25) is 0 Å². The number of ketones is 1. The summed E-state index contributed by atoms with van der Waals surface area (Å²) >= 11 is 0. The van der Waals surface area contributed by atoms with E-state index in [-0.39, 0.29) is 11.9 Å². The number of fused-ring (bicyclic) bond motifs is 1. The summed E-state index contributed by atoms with van der Waals surface area (Å²) in [4.78, 5) is 15.8. The molecule has 0 fully saturated rings. The van der Waals surface area contributed by atoms with Crippen LogP contribution in [0.3, 0.4) is 0 Å². The third-order valence-electron chi connectivity index (χ3n) is 2.89. The van der Waals surface area contributed by atoms with Gasteiger partial charge in [-0.25, -0.2) is 0 Å². The standard InChI is InChI=1S/C14H15NO2/c1-9(16)11-4-7-14-12(8-11)5-6-13(15-14)10(2)17-3/h4-8,10H,1-3H3. The number of hydrogen-bond donors (Lipinski definition) is 0. The van der Waals surface area contributed by atoms with E-state index in [1.165, 1.54) is 0 Å². The van der Waals surface area contributed by atoms with Crippen molar-refractivity contribution in [3.63, 3.8) is 0 Å². The molecule has 3 nitrogen and oxygen atoms in total. The number of nitrogens with zero attached hydrogens (tertiary/aromatic N) is 1. The SMILES string of the molecule is COC(C)c1ccc2cc(C(C)=O)ccc2n1. The average molecular weight is 229 g/mol. The van der Waals surface area contributed by atoms with Gasteiger partial charge in [-0.05, 0) is 38.1 Å². The van der Waals surface area contributed by atoms with Gasteiger partial charge in [0.25, 0.3) is 0 Å². The van der Waals surface area contributed by atoms with Crippen molar-refractivity contribution in [2.75, 3.05) is 7.11 Å². The Hall–Kier alpha value is -1.74. The van der Waals surface area contributed by atoms with Crippen molar-refractivity contribution in [3.8, 4) is 0 Å². The highest BCUT2D eigenvalue weighted by Crippen LogP contribution is 2.19. The zero-order valence-electron chi connectivity index (χ0n) is 10.2. The Morgan fingerprint density at radius 1 is 1.29 bits per heavy atom. The van der Waals surface area contributed by atoms with Crippen LogP contribution in [-0.4, -0.2) is 17.9 Å². The van der Waals surface area contributed by atoms with Crippen molar-refractivity contribution < 1.29 is 9.53 Å². The molecule has 0 radical (unpaired) electrons. The summed E-state index contributed by atoms with van der Waals surface area (Å²) in [5.41, 5.74) is 2.50. The molecular weight excluding hydrogens is 214 g/mol. The number of rotatable bonds is 3. The van der Waals surface area contributed by atoms with Gasteiger partial charge in [-0.2, -0.15) is 0 Å². The van der Waals surface area contributed by atoms with Crippen molar-refractivity contribution in [1.82, 2.24) is 4.98 Å². The third-order valence-corrected chi connectivity index (χ3v) is 2.89. The van der Waals surface area contributed by atoms with Crippen molar-refractivity contribution in [3.05, 3.63) is 41.6 Å². The van der Waals surface area contributed by atoms with Gasteiger partial charge in [0.1, 0.15) is 0 Å². The summed E-state index contributed by atoms with van der Waals surface area (Å²) in [7, 11) is 1.66. The van der Waals surface area contributed by atoms with Crippen LogP contribution in [0.4, 0.5) is 0 Å². The van der Waals surface area contributed by atoms with E-state index in [1.54, 1.807) is 20.1 Å². The molecule has 0 aliphatic carbocycles. The summed E-state index contributed by atoms with van der Waals surface area (Å²) < 4.78 is 5.23. The number of benzene rings is 1. The van der Waals surface area contributed by atoms with Crippen LogP contribution in [0, 0.1) is 0 Å². The first kappa shape index (κ1) is 11.7. The second-order valence-corrected chi connectivity index (χ2v) is 4.08. The van der Waals surface area contributed by atoms with Crippen LogP contribution in [0.5, 0.6) is 0 Å². The minimum absolute atomic E-state index is 0.0214.